The number of carbonyl (C=O) groups is 1. The highest BCUT2D eigenvalue weighted by atomic mass is 16.2. The molecule has 2 rings (SSSR count). The number of rotatable bonds is 5. The average Bonchev–Trinajstić information content (AvgIpc) is 2.81. The number of hydrogen-bond acceptors (Lipinski definition) is 3. The van der Waals surface area contributed by atoms with Crippen molar-refractivity contribution in [1.29, 1.82) is 0 Å². The van der Waals surface area contributed by atoms with Gasteiger partial charge in [-0.3, -0.25) is 9.69 Å². The number of benzene rings is 1. The molecule has 0 bridgehead atoms. The van der Waals surface area contributed by atoms with E-state index in [1.807, 2.05) is 37.3 Å². The maximum absolute atomic E-state index is 12.1. The molecule has 1 heterocycles. The van der Waals surface area contributed by atoms with E-state index in [1.54, 1.807) is 0 Å². The van der Waals surface area contributed by atoms with Crippen LogP contribution in [0.2, 0.25) is 0 Å². The fraction of sp³-hybridized carbons (Fsp3) is 0.562. The summed E-state index contributed by atoms with van der Waals surface area (Å²) >= 11 is 0. The minimum Gasteiger partial charge on any atom is -0.348 e. The van der Waals surface area contributed by atoms with Gasteiger partial charge in [0.15, 0.2) is 0 Å². The summed E-state index contributed by atoms with van der Waals surface area (Å²) in [7, 11) is 0. The lowest BCUT2D eigenvalue weighted by Gasteiger charge is -2.23. The zero-order valence-corrected chi connectivity index (χ0v) is 12.4. The molecule has 0 aliphatic carbocycles. The van der Waals surface area contributed by atoms with Crippen LogP contribution in [0.3, 0.4) is 0 Å². The van der Waals surface area contributed by atoms with Crippen molar-refractivity contribution in [2.45, 2.75) is 26.3 Å². The van der Waals surface area contributed by atoms with Crippen LogP contribution in [0.15, 0.2) is 30.3 Å². The lowest BCUT2D eigenvalue weighted by atomic mass is 9.90. The van der Waals surface area contributed by atoms with E-state index < -0.39 is 0 Å². The van der Waals surface area contributed by atoms with Crippen molar-refractivity contribution >= 4 is 5.91 Å². The predicted molar refractivity (Wildman–Crippen MR) is 81.2 cm³/mol. The summed E-state index contributed by atoms with van der Waals surface area (Å²) in [6.07, 6.45) is 1.07. The van der Waals surface area contributed by atoms with Gasteiger partial charge in [-0.15, -0.1) is 0 Å². The first-order valence-corrected chi connectivity index (χ1v) is 7.29. The van der Waals surface area contributed by atoms with Crippen LogP contribution in [0.25, 0.3) is 0 Å². The van der Waals surface area contributed by atoms with Gasteiger partial charge in [-0.05, 0) is 37.4 Å². The second kappa shape index (κ2) is 6.37. The molecule has 0 aromatic heterocycles. The maximum atomic E-state index is 12.1. The van der Waals surface area contributed by atoms with Gasteiger partial charge in [-0.1, -0.05) is 37.3 Å². The molecule has 2 atom stereocenters. The summed E-state index contributed by atoms with van der Waals surface area (Å²) in [5.41, 5.74) is 7.10. The van der Waals surface area contributed by atoms with Gasteiger partial charge in [0.2, 0.25) is 5.91 Å². The quantitative estimate of drug-likeness (QED) is 0.857. The first kappa shape index (κ1) is 15.0. The molecular weight excluding hydrogens is 250 g/mol. The standard InChI is InChI=1S/C16H25N3O/c1-13(14-6-4-3-5-7-14)18-15(20)10-19-9-8-16(2,11-17)12-19/h3-7,13H,8-12,17H2,1-2H3,(H,18,20). The second-order valence-corrected chi connectivity index (χ2v) is 6.18. The molecule has 1 aliphatic rings. The van der Waals surface area contributed by atoms with Crippen molar-refractivity contribution in [1.82, 2.24) is 10.2 Å². The van der Waals surface area contributed by atoms with Crippen molar-refractivity contribution in [3.63, 3.8) is 0 Å². The second-order valence-electron chi connectivity index (χ2n) is 6.18. The summed E-state index contributed by atoms with van der Waals surface area (Å²) in [4.78, 5) is 14.3. The number of nitrogens with two attached hydrogens (primary N) is 1. The number of nitrogens with one attached hydrogen (secondary N) is 1. The van der Waals surface area contributed by atoms with E-state index in [1.165, 1.54) is 0 Å². The Morgan fingerprint density at radius 2 is 2.15 bits per heavy atom. The van der Waals surface area contributed by atoms with Gasteiger partial charge < -0.3 is 11.1 Å². The maximum Gasteiger partial charge on any atom is 0.234 e. The van der Waals surface area contributed by atoms with Crippen LogP contribution in [-0.2, 0) is 4.79 Å². The Balaban J connectivity index is 1.82. The largest absolute Gasteiger partial charge is 0.348 e. The van der Waals surface area contributed by atoms with Crippen molar-refractivity contribution in [3.05, 3.63) is 35.9 Å². The van der Waals surface area contributed by atoms with Crippen molar-refractivity contribution in [3.8, 4) is 0 Å². The highest BCUT2D eigenvalue weighted by Crippen LogP contribution is 2.28. The molecule has 4 heteroatoms. The Hall–Kier alpha value is -1.39. The smallest absolute Gasteiger partial charge is 0.234 e. The van der Waals surface area contributed by atoms with E-state index in [2.05, 4.69) is 17.1 Å². The van der Waals surface area contributed by atoms with Gasteiger partial charge in [0.1, 0.15) is 0 Å². The van der Waals surface area contributed by atoms with Crippen LogP contribution >= 0.6 is 0 Å². The first-order valence-electron chi connectivity index (χ1n) is 7.29. The van der Waals surface area contributed by atoms with Gasteiger partial charge in [-0.2, -0.15) is 0 Å². The molecule has 4 nitrogen and oxygen atoms in total. The third-order valence-electron chi connectivity index (χ3n) is 4.17. The van der Waals surface area contributed by atoms with Crippen molar-refractivity contribution in [2.75, 3.05) is 26.2 Å². The molecule has 1 aliphatic heterocycles. The predicted octanol–water partition coefficient (Wildman–Crippen LogP) is 1.53. The molecule has 0 saturated carbocycles. The average molecular weight is 275 g/mol. The number of amides is 1. The fourth-order valence-corrected chi connectivity index (χ4v) is 2.74. The van der Waals surface area contributed by atoms with Crippen LogP contribution in [0.1, 0.15) is 31.9 Å². The van der Waals surface area contributed by atoms with Crippen LogP contribution < -0.4 is 11.1 Å². The third-order valence-corrected chi connectivity index (χ3v) is 4.17. The van der Waals surface area contributed by atoms with Crippen LogP contribution in [0, 0.1) is 5.41 Å². The molecule has 1 fully saturated rings. The molecule has 1 aromatic rings. The SMILES string of the molecule is CC(NC(=O)CN1CCC(C)(CN)C1)c1ccccc1. The van der Waals surface area contributed by atoms with E-state index >= 15 is 0 Å². The highest BCUT2D eigenvalue weighted by Gasteiger charge is 2.33. The van der Waals surface area contributed by atoms with Gasteiger partial charge in [0.05, 0.1) is 12.6 Å². The summed E-state index contributed by atoms with van der Waals surface area (Å²) in [6, 6.07) is 10.1. The molecular formula is C16H25N3O. The Morgan fingerprint density at radius 1 is 1.45 bits per heavy atom. The van der Waals surface area contributed by atoms with E-state index in [4.69, 9.17) is 5.73 Å². The third kappa shape index (κ3) is 3.81. The van der Waals surface area contributed by atoms with Crippen LogP contribution in [0.4, 0.5) is 0 Å². The minimum absolute atomic E-state index is 0.0483. The summed E-state index contributed by atoms with van der Waals surface area (Å²) < 4.78 is 0. The van der Waals surface area contributed by atoms with E-state index in [0.717, 1.165) is 25.1 Å². The van der Waals surface area contributed by atoms with Gasteiger partial charge >= 0.3 is 0 Å². The number of carbonyl (C=O) groups excluding carboxylic acids is 1. The summed E-state index contributed by atoms with van der Waals surface area (Å²) in [5, 5.41) is 3.06. The monoisotopic (exact) mass is 275 g/mol. The van der Waals surface area contributed by atoms with Crippen molar-refractivity contribution < 1.29 is 4.79 Å². The zero-order valence-electron chi connectivity index (χ0n) is 12.4. The Labute approximate surface area is 121 Å². The van der Waals surface area contributed by atoms with Gasteiger partial charge in [-0.25, -0.2) is 0 Å². The van der Waals surface area contributed by atoms with Crippen LogP contribution in [0.5, 0.6) is 0 Å². The topological polar surface area (TPSA) is 58.4 Å². The molecule has 20 heavy (non-hydrogen) atoms. The fourth-order valence-electron chi connectivity index (χ4n) is 2.74. The van der Waals surface area contributed by atoms with E-state index in [0.29, 0.717) is 13.1 Å². The molecule has 2 unspecified atom stereocenters. The first-order chi connectivity index (χ1) is 9.52. The summed E-state index contributed by atoms with van der Waals surface area (Å²) in [5.74, 6) is 0.0858. The molecule has 1 aromatic carbocycles. The lowest BCUT2D eigenvalue weighted by Crippen LogP contribution is -2.39. The molecule has 1 amide bonds. The number of hydrogen-bond donors (Lipinski definition) is 2. The molecule has 0 radical (unpaired) electrons. The van der Waals surface area contributed by atoms with E-state index in [-0.39, 0.29) is 17.4 Å². The lowest BCUT2D eigenvalue weighted by molar-refractivity contribution is -0.122. The van der Waals surface area contributed by atoms with Gasteiger partial charge in [0, 0.05) is 6.54 Å². The van der Waals surface area contributed by atoms with Crippen LogP contribution in [-0.4, -0.2) is 37.0 Å². The highest BCUT2D eigenvalue weighted by molar-refractivity contribution is 5.78. The Bertz CT molecular complexity index is 448. The molecule has 110 valence electrons. The normalized spacial score (nSPS) is 24.6. The zero-order chi connectivity index (χ0) is 14.6. The van der Waals surface area contributed by atoms with E-state index in [9.17, 15) is 4.79 Å². The van der Waals surface area contributed by atoms with Crippen molar-refractivity contribution in [2.24, 2.45) is 11.1 Å². The molecule has 3 N–H and O–H groups in total. The molecule has 0 spiro atoms. The Kier molecular flexibility index (Phi) is 4.78. The number of nitrogens with zero attached hydrogens (tertiary/aromatic N) is 1. The summed E-state index contributed by atoms with van der Waals surface area (Å²) in [6.45, 7) is 7.23. The Morgan fingerprint density at radius 3 is 2.75 bits per heavy atom. The van der Waals surface area contributed by atoms with Gasteiger partial charge in [0.25, 0.3) is 0 Å². The minimum atomic E-state index is 0.0483. The molecule has 1 saturated heterocycles. The number of likely N-dealkylation sites (tertiary alicyclic amines) is 1.